The van der Waals surface area contributed by atoms with Crippen LogP contribution in [0.2, 0.25) is 0 Å². The zero-order chi connectivity index (χ0) is 25.4. The molecule has 0 aliphatic rings. The van der Waals surface area contributed by atoms with E-state index in [1.807, 2.05) is 12.2 Å². The van der Waals surface area contributed by atoms with Crippen LogP contribution in [-0.2, 0) is 0 Å². The summed E-state index contributed by atoms with van der Waals surface area (Å²) in [5.74, 6) is 2.40. The molecule has 0 heterocycles. The van der Waals surface area contributed by atoms with Crippen molar-refractivity contribution in [2.45, 2.75) is 106 Å². The van der Waals surface area contributed by atoms with E-state index in [4.69, 9.17) is 12.2 Å². The average Bonchev–Trinajstić information content (AvgIpc) is 2.76. The fourth-order valence-corrected chi connectivity index (χ4v) is 1.32. The summed E-state index contributed by atoms with van der Waals surface area (Å²) in [7, 11) is 0. The van der Waals surface area contributed by atoms with Crippen molar-refractivity contribution in [2.24, 2.45) is 11.1 Å². The van der Waals surface area contributed by atoms with Crippen LogP contribution in [0.4, 0.5) is 0 Å². The summed E-state index contributed by atoms with van der Waals surface area (Å²) in [6.45, 7) is 31.2. The molecule has 31 heavy (non-hydrogen) atoms. The summed E-state index contributed by atoms with van der Waals surface area (Å²) < 4.78 is 0. The molecule has 0 unspecified atom stereocenters. The Bertz CT molecular complexity index is 387. The van der Waals surface area contributed by atoms with Gasteiger partial charge >= 0.3 is 0 Å². The highest BCUT2D eigenvalue weighted by atomic mass is 14.9. The normalized spacial score (nSPS) is 8.61. The molecule has 0 amide bonds. The third kappa shape index (κ3) is 65.4. The quantitative estimate of drug-likeness (QED) is 0.238. The van der Waals surface area contributed by atoms with Gasteiger partial charge in [0.15, 0.2) is 0 Å². The minimum atomic E-state index is 0.177. The minimum Gasteiger partial charge on any atom is -0.388 e. The second-order valence-electron chi connectivity index (χ2n) is 7.93. The van der Waals surface area contributed by atoms with Gasteiger partial charge in [-0.3, -0.25) is 0 Å². The zero-order valence-corrected chi connectivity index (χ0v) is 22.5. The fraction of sp³-hybridized carbons (Fsp3) is 0.655. The van der Waals surface area contributed by atoms with Crippen LogP contribution in [0, 0.1) is 17.8 Å². The van der Waals surface area contributed by atoms with E-state index in [1.54, 1.807) is 6.08 Å². The maximum absolute atomic E-state index is 5.60. The average molecular weight is 435 g/mol. The van der Waals surface area contributed by atoms with Gasteiger partial charge in [0.1, 0.15) is 0 Å². The van der Waals surface area contributed by atoms with Crippen molar-refractivity contribution in [2.75, 3.05) is 13.1 Å². The van der Waals surface area contributed by atoms with Crippen LogP contribution in [-0.4, -0.2) is 13.1 Å². The Morgan fingerprint density at radius 3 is 1.48 bits per heavy atom. The number of hydrogen-bond donors (Lipinski definition) is 2. The molecule has 0 fully saturated rings. The van der Waals surface area contributed by atoms with Crippen LogP contribution < -0.4 is 11.1 Å². The Balaban J connectivity index is -0.0000000998. The lowest BCUT2D eigenvalue weighted by Gasteiger charge is -2.23. The van der Waals surface area contributed by atoms with Crippen molar-refractivity contribution >= 4 is 0 Å². The lowest BCUT2D eigenvalue weighted by molar-refractivity contribution is 0.364. The van der Waals surface area contributed by atoms with Crippen molar-refractivity contribution in [3.8, 4) is 12.3 Å². The first-order chi connectivity index (χ1) is 14.7. The summed E-state index contributed by atoms with van der Waals surface area (Å²) >= 11 is 0. The number of hydrogen-bond acceptors (Lipinski definition) is 2. The molecule has 2 heteroatoms. The lowest BCUT2D eigenvalue weighted by Crippen LogP contribution is -2.34. The van der Waals surface area contributed by atoms with Crippen LogP contribution in [0.1, 0.15) is 106 Å². The van der Waals surface area contributed by atoms with E-state index in [2.05, 4.69) is 86.0 Å². The topological polar surface area (TPSA) is 38.0 Å². The molecule has 0 rings (SSSR count). The molecule has 0 saturated carbocycles. The first-order valence-corrected chi connectivity index (χ1v) is 12.1. The molecule has 0 aliphatic heterocycles. The molecule has 0 bridgehead atoms. The van der Waals surface area contributed by atoms with Gasteiger partial charge in [0.2, 0.25) is 0 Å². The number of rotatable bonds is 12. The third-order valence-corrected chi connectivity index (χ3v) is 3.67. The molecule has 0 aromatic heterocycles. The minimum absolute atomic E-state index is 0.177. The fourth-order valence-electron chi connectivity index (χ4n) is 1.32. The van der Waals surface area contributed by atoms with Gasteiger partial charge in [-0.05, 0) is 31.2 Å². The van der Waals surface area contributed by atoms with E-state index >= 15 is 0 Å². The van der Waals surface area contributed by atoms with Crippen molar-refractivity contribution in [1.29, 1.82) is 0 Å². The smallest absolute Gasteiger partial charge is 0.0264 e. The Labute approximate surface area is 198 Å². The first-order valence-electron chi connectivity index (χ1n) is 12.1. The second-order valence-corrected chi connectivity index (χ2v) is 7.93. The number of unbranched alkanes of at least 4 members (excludes halogenated alkanes) is 3. The number of terminal acetylenes is 1. The van der Waals surface area contributed by atoms with E-state index in [-0.39, 0.29) is 5.41 Å². The molecule has 2 nitrogen and oxygen atoms in total. The van der Waals surface area contributed by atoms with E-state index in [1.165, 1.54) is 25.7 Å². The summed E-state index contributed by atoms with van der Waals surface area (Å²) in [5, 5.41) is 3.30. The SMILES string of the molecule is C#CCC=C.C=C(CCC)NCC(C)(C)CN.C=CCCC.C=CCCC.CCCC. The molecule has 0 atom stereocenters. The Hall–Kier alpha value is -1.72. The molecule has 0 spiro atoms. The van der Waals surface area contributed by atoms with Crippen molar-refractivity contribution in [3.05, 3.63) is 50.2 Å². The van der Waals surface area contributed by atoms with Crippen molar-refractivity contribution in [3.63, 3.8) is 0 Å². The van der Waals surface area contributed by atoms with Crippen LogP contribution >= 0.6 is 0 Å². The first kappa shape index (κ1) is 39.7. The van der Waals surface area contributed by atoms with Crippen LogP contribution in [0.15, 0.2) is 50.2 Å². The molecule has 184 valence electrons. The molecule has 0 saturated heterocycles. The molecule has 3 N–H and O–H groups in total. The van der Waals surface area contributed by atoms with E-state index in [9.17, 15) is 0 Å². The maximum atomic E-state index is 5.60. The van der Waals surface area contributed by atoms with Crippen molar-refractivity contribution < 1.29 is 0 Å². The molecular formula is C29H58N2. The Kier molecular flexibility index (Phi) is 49.8. The molecular weight excluding hydrogens is 376 g/mol. The monoisotopic (exact) mass is 434 g/mol. The van der Waals surface area contributed by atoms with E-state index in [0.717, 1.165) is 37.9 Å². The number of nitrogens with one attached hydrogen (secondary N) is 1. The van der Waals surface area contributed by atoms with Gasteiger partial charge in [-0.2, -0.15) is 0 Å². The lowest BCUT2D eigenvalue weighted by atomic mass is 9.94. The van der Waals surface area contributed by atoms with Crippen molar-refractivity contribution in [1.82, 2.24) is 5.32 Å². The van der Waals surface area contributed by atoms with Gasteiger partial charge in [0.05, 0.1) is 0 Å². The summed E-state index contributed by atoms with van der Waals surface area (Å²) in [6.07, 6.45) is 20.7. The molecule has 0 aromatic rings. The summed E-state index contributed by atoms with van der Waals surface area (Å²) in [4.78, 5) is 0. The standard InChI is InChI=1S/C10H22N2.2C5H10.C5H6.C4H10/c1-5-6-9(2)12-8-10(3,4)7-11;3*1-3-5-4-2;1-3-4-2/h12H,2,5-8,11H2,1,3-4H3;2*3H,1,4-5H2,2H3;1,4H,2,5H2;3-4H2,1-2H3. The van der Waals surface area contributed by atoms with Gasteiger partial charge in [-0.15, -0.1) is 32.1 Å². The van der Waals surface area contributed by atoms with Gasteiger partial charge in [-0.25, -0.2) is 0 Å². The summed E-state index contributed by atoms with van der Waals surface area (Å²) in [6, 6.07) is 0. The second kappa shape index (κ2) is 38.8. The van der Waals surface area contributed by atoms with Crippen LogP contribution in [0.25, 0.3) is 0 Å². The summed E-state index contributed by atoms with van der Waals surface area (Å²) in [5.41, 5.74) is 6.90. The van der Waals surface area contributed by atoms with Gasteiger partial charge in [-0.1, -0.05) is 105 Å². The number of nitrogens with two attached hydrogens (primary N) is 1. The highest BCUT2D eigenvalue weighted by Gasteiger charge is 2.14. The van der Waals surface area contributed by atoms with E-state index < -0.39 is 0 Å². The largest absolute Gasteiger partial charge is 0.388 e. The number of allylic oxidation sites excluding steroid dienone is 4. The maximum Gasteiger partial charge on any atom is 0.0264 e. The van der Waals surface area contributed by atoms with Crippen LogP contribution in [0.3, 0.4) is 0 Å². The van der Waals surface area contributed by atoms with Gasteiger partial charge < -0.3 is 11.1 Å². The van der Waals surface area contributed by atoms with Gasteiger partial charge in [0, 0.05) is 18.7 Å². The Morgan fingerprint density at radius 1 is 0.871 bits per heavy atom. The highest BCUT2D eigenvalue weighted by molar-refractivity contribution is 4.92. The Morgan fingerprint density at radius 2 is 1.32 bits per heavy atom. The molecule has 0 radical (unpaired) electrons. The van der Waals surface area contributed by atoms with E-state index in [0.29, 0.717) is 13.0 Å². The third-order valence-electron chi connectivity index (χ3n) is 3.67. The van der Waals surface area contributed by atoms with Gasteiger partial charge in [0.25, 0.3) is 0 Å². The zero-order valence-electron chi connectivity index (χ0n) is 22.5. The molecule has 0 aliphatic carbocycles. The highest BCUT2D eigenvalue weighted by Crippen LogP contribution is 2.11. The van der Waals surface area contributed by atoms with Crippen LogP contribution in [0.5, 0.6) is 0 Å². The molecule has 0 aromatic carbocycles. The predicted molar refractivity (Wildman–Crippen MR) is 149 cm³/mol. The predicted octanol–water partition coefficient (Wildman–Crippen LogP) is 8.82.